The molecule has 0 atom stereocenters. The maximum absolute atomic E-state index is 12.7. The second-order valence-corrected chi connectivity index (χ2v) is 6.13. The Labute approximate surface area is 155 Å². The number of nitrogens with one attached hydrogen (secondary N) is 1. The van der Waals surface area contributed by atoms with Crippen LogP contribution in [-0.2, 0) is 20.8 Å². The van der Waals surface area contributed by atoms with Crippen LogP contribution in [0.5, 0.6) is 0 Å². The van der Waals surface area contributed by atoms with Gasteiger partial charge in [0, 0.05) is 20.2 Å². The molecule has 10 heteroatoms. The smallest absolute Gasteiger partial charge is 0.265 e. The molecule has 0 aliphatic carbocycles. The monoisotopic (exact) mass is 378 g/mol. The van der Waals surface area contributed by atoms with Gasteiger partial charge in [-0.3, -0.25) is 19.0 Å². The predicted molar refractivity (Wildman–Crippen MR) is 94.6 cm³/mol. The van der Waals surface area contributed by atoms with Crippen molar-refractivity contribution in [2.24, 2.45) is 0 Å². The minimum Gasteiger partial charge on any atom is -0.442 e. The molecule has 3 rings (SSSR count). The Kier molecular flexibility index (Phi) is 5.87. The summed E-state index contributed by atoms with van der Waals surface area (Å²) in [5.74, 6) is -0.473. The Morgan fingerprint density at radius 2 is 2.07 bits per heavy atom. The van der Waals surface area contributed by atoms with E-state index in [9.17, 15) is 14.4 Å². The van der Waals surface area contributed by atoms with Crippen LogP contribution >= 0.6 is 0 Å². The normalized spacial score (nSPS) is 14.5. The Morgan fingerprint density at radius 1 is 1.33 bits per heavy atom. The van der Waals surface area contributed by atoms with Gasteiger partial charge >= 0.3 is 0 Å². The molecule has 3 heterocycles. The molecule has 0 bridgehead atoms. The molecule has 0 radical (unpaired) electrons. The van der Waals surface area contributed by atoms with Crippen LogP contribution in [0.4, 0.5) is 0 Å². The van der Waals surface area contributed by atoms with Crippen molar-refractivity contribution in [3.63, 3.8) is 0 Å². The van der Waals surface area contributed by atoms with Crippen molar-refractivity contribution < 1.29 is 23.5 Å². The molecule has 1 aliphatic rings. The number of aryl methyl sites for hydroxylation is 1. The van der Waals surface area contributed by atoms with Crippen molar-refractivity contribution in [2.45, 2.75) is 13.5 Å². The molecule has 1 N–H and O–H groups in total. The van der Waals surface area contributed by atoms with Crippen molar-refractivity contribution in [3.8, 4) is 0 Å². The van der Waals surface area contributed by atoms with E-state index >= 15 is 0 Å². The van der Waals surface area contributed by atoms with Crippen LogP contribution in [0.1, 0.15) is 16.1 Å². The number of nitrogens with zero attached hydrogens (tertiary/aromatic N) is 3. The number of amides is 2. The minimum absolute atomic E-state index is 0.0934. The number of carbonyl (C=O) groups is 2. The first-order chi connectivity index (χ1) is 13.0. The van der Waals surface area contributed by atoms with E-state index in [4.69, 9.17) is 13.9 Å². The minimum atomic E-state index is -0.545. The SMILES string of the molecule is COCCn1cnc2oc(C)c(C(=O)NCC(=O)N3CCOCC3)c2c1=O. The van der Waals surface area contributed by atoms with E-state index in [0.717, 1.165) is 0 Å². The Balaban J connectivity index is 1.80. The molecule has 0 saturated carbocycles. The summed E-state index contributed by atoms with van der Waals surface area (Å²) in [4.78, 5) is 43.3. The van der Waals surface area contributed by atoms with E-state index in [1.165, 1.54) is 18.0 Å². The highest BCUT2D eigenvalue weighted by molar-refractivity contribution is 6.07. The third-order valence-corrected chi connectivity index (χ3v) is 4.38. The lowest BCUT2D eigenvalue weighted by molar-refractivity contribution is -0.134. The Hall–Kier alpha value is -2.72. The number of methoxy groups -OCH3 is 1. The first-order valence-electron chi connectivity index (χ1n) is 8.64. The van der Waals surface area contributed by atoms with Crippen molar-refractivity contribution >= 4 is 22.9 Å². The van der Waals surface area contributed by atoms with E-state index in [1.807, 2.05) is 0 Å². The molecular weight excluding hydrogens is 356 g/mol. The summed E-state index contributed by atoms with van der Waals surface area (Å²) < 4.78 is 17.0. The standard InChI is InChI=1S/C17H22N4O6/c1-11-13(15(23)18-9-12(22)20-4-7-26-8-5-20)14-16(27-11)19-10-21(17(14)24)3-6-25-2/h10H,3-9H2,1-2H3,(H,18,23). The van der Waals surface area contributed by atoms with Crippen molar-refractivity contribution in [1.29, 1.82) is 0 Å². The molecule has 0 spiro atoms. The average Bonchev–Trinajstić information content (AvgIpc) is 3.03. The molecule has 0 unspecified atom stereocenters. The molecule has 27 heavy (non-hydrogen) atoms. The predicted octanol–water partition coefficient (Wildman–Crippen LogP) is -0.467. The summed E-state index contributed by atoms with van der Waals surface area (Å²) in [5.41, 5.74) is -0.196. The summed E-state index contributed by atoms with van der Waals surface area (Å²) in [6, 6.07) is 0. The van der Waals surface area contributed by atoms with Crippen LogP contribution in [0.25, 0.3) is 11.1 Å². The molecule has 1 fully saturated rings. The maximum Gasteiger partial charge on any atom is 0.265 e. The number of hydrogen-bond donors (Lipinski definition) is 1. The highest BCUT2D eigenvalue weighted by Gasteiger charge is 2.24. The lowest BCUT2D eigenvalue weighted by Gasteiger charge is -2.26. The van der Waals surface area contributed by atoms with Crippen LogP contribution in [-0.4, -0.2) is 72.8 Å². The number of carbonyl (C=O) groups excluding carboxylic acids is 2. The third kappa shape index (κ3) is 4.01. The van der Waals surface area contributed by atoms with E-state index in [0.29, 0.717) is 39.5 Å². The molecule has 146 valence electrons. The van der Waals surface area contributed by atoms with Gasteiger partial charge in [-0.05, 0) is 6.92 Å². The summed E-state index contributed by atoms with van der Waals surface area (Å²) in [6.07, 6.45) is 1.36. The fourth-order valence-electron chi connectivity index (χ4n) is 2.93. The van der Waals surface area contributed by atoms with E-state index in [-0.39, 0.29) is 34.9 Å². The van der Waals surface area contributed by atoms with Crippen LogP contribution in [0.15, 0.2) is 15.5 Å². The van der Waals surface area contributed by atoms with Crippen molar-refractivity contribution in [3.05, 3.63) is 28.0 Å². The number of aromatic nitrogens is 2. The summed E-state index contributed by atoms with van der Waals surface area (Å²) in [6.45, 7) is 4.02. The zero-order chi connectivity index (χ0) is 19.4. The fraction of sp³-hybridized carbons (Fsp3) is 0.529. The largest absolute Gasteiger partial charge is 0.442 e. The van der Waals surface area contributed by atoms with Gasteiger partial charge in [0.05, 0.1) is 38.5 Å². The van der Waals surface area contributed by atoms with Gasteiger partial charge in [-0.2, -0.15) is 0 Å². The summed E-state index contributed by atoms with van der Waals surface area (Å²) in [5, 5.41) is 2.67. The van der Waals surface area contributed by atoms with Gasteiger partial charge in [-0.15, -0.1) is 0 Å². The Bertz CT molecular complexity index is 897. The number of furan rings is 1. The van der Waals surface area contributed by atoms with Gasteiger partial charge in [0.25, 0.3) is 11.5 Å². The van der Waals surface area contributed by atoms with Crippen LogP contribution in [0, 0.1) is 6.92 Å². The second kappa shape index (κ2) is 8.31. The average molecular weight is 378 g/mol. The van der Waals surface area contributed by atoms with Gasteiger partial charge in [0.1, 0.15) is 17.5 Å². The number of rotatable bonds is 6. The van der Waals surface area contributed by atoms with Crippen LogP contribution in [0.2, 0.25) is 0 Å². The molecule has 2 aromatic rings. The topological polar surface area (TPSA) is 116 Å². The highest BCUT2D eigenvalue weighted by Crippen LogP contribution is 2.20. The summed E-state index contributed by atoms with van der Waals surface area (Å²) >= 11 is 0. The fourth-order valence-corrected chi connectivity index (χ4v) is 2.93. The zero-order valence-corrected chi connectivity index (χ0v) is 15.3. The molecule has 2 amide bonds. The molecule has 0 aromatic carbocycles. The van der Waals surface area contributed by atoms with Crippen LogP contribution in [0.3, 0.4) is 0 Å². The number of fused-ring (bicyclic) bond motifs is 1. The lowest BCUT2D eigenvalue weighted by Crippen LogP contribution is -2.45. The van der Waals surface area contributed by atoms with Gasteiger partial charge in [0.2, 0.25) is 11.6 Å². The van der Waals surface area contributed by atoms with Crippen molar-refractivity contribution in [1.82, 2.24) is 19.8 Å². The van der Waals surface area contributed by atoms with E-state index < -0.39 is 11.5 Å². The number of hydrogen-bond acceptors (Lipinski definition) is 7. The summed E-state index contributed by atoms with van der Waals surface area (Å²) in [7, 11) is 1.53. The third-order valence-electron chi connectivity index (χ3n) is 4.38. The molecular formula is C17H22N4O6. The molecule has 1 aliphatic heterocycles. The van der Waals surface area contributed by atoms with Gasteiger partial charge in [0.15, 0.2) is 0 Å². The van der Waals surface area contributed by atoms with Gasteiger partial charge < -0.3 is 24.1 Å². The molecule has 10 nitrogen and oxygen atoms in total. The highest BCUT2D eigenvalue weighted by atomic mass is 16.5. The van der Waals surface area contributed by atoms with E-state index in [1.54, 1.807) is 11.8 Å². The Morgan fingerprint density at radius 3 is 2.78 bits per heavy atom. The van der Waals surface area contributed by atoms with Gasteiger partial charge in [-0.25, -0.2) is 4.98 Å². The van der Waals surface area contributed by atoms with Crippen LogP contribution < -0.4 is 10.9 Å². The van der Waals surface area contributed by atoms with E-state index in [2.05, 4.69) is 10.3 Å². The number of morpholine rings is 1. The first kappa shape index (κ1) is 19.1. The van der Waals surface area contributed by atoms with Crippen molar-refractivity contribution in [2.75, 3.05) is 46.6 Å². The zero-order valence-electron chi connectivity index (χ0n) is 15.3. The lowest BCUT2D eigenvalue weighted by atomic mass is 10.1. The maximum atomic E-state index is 12.7. The quantitative estimate of drug-likeness (QED) is 0.723. The molecule has 1 saturated heterocycles. The molecule has 2 aromatic heterocycles. The second-order valence-electron chi connectivity index (χ2n) is 6.13. The van der Waals surface area contributed by atoms with Gasteiger partial charge in [-0.1, -0.05) is 0 Å². The first-order valence-corrected chi connectivity index (χ1v) is 8.64. The number of ether oxygens (including phenoxy) is 2.